The number of methoxy groups -OCH3 is 1. The number of hydrogen-bond acceptors (Lipinski definition) is 9. The minimum absolute atomic E-state index is 0.0521. The first-order valence-electron chi connectivity index (χ1n) is 20.2. The molecule has 332 valence electrons. The van der Waals surface area contributed by atoms with Gasteiger partial charge < -0.3 is 14.6 Å². The number of esters is 1. The standard InChI is InChI=1S/C46H52BrF2N3O8S2/c1-31(43(54)59-6)25-32-9-7-10-34(26-32)45(4,19-8-18-44(2,3)30-61(55,56)24-23-53)52-41(16-21-50-52)38-29-37(11-13-39(38)48)60-36-12-14-40-33(27-36)17-22-51(40)62(57,58)46(5)20-15-35(47)28-42(46)49/h7,9-17,21-22,26-29,31,53H,8,18-20,23-25,30H2,1-6H3/t31-,45-,46?/m1/s1. The molecular formula is C46H52BrF2N3O8S2. The Labute approximate surface area is 370 Å². The Bertz CT molecular complexity index is 2760. The van der Waals surface area contributed by atoms with Gasteiger partial charge in [-0.15, -0.1) is 0 Å². The Morgan fingerprint density at radius 3 is 2.44 bits per heavy atom. The van der Waals surface area contributed by atoms with E-state index in [1.807, 2.05) is 45.0 Å². The third kappa shape index (κ3) is 9.78. The summed E-state index contributed by atoms with van der Waals surface area (Å²) in [4.78, 5) is 12.3. The summed E-state index contributed by atoms with van der Waals surface area (Å²) in [6.07, 6.45) is 7.71. The van der Waals surface area contributed by atoms with Gasteiger partial charge in [0.25, 0.3) is 10.0 Å². The first-order valence-corrected chi connectivity index (χ1v) is 24.3. The number of sulfone groups is 1. The van der Waals surface area contributed by atoms with E-state index >= 15 is 8.78 Å². The number of fused-ring (bicyclic) bond motifs is 1. The Kier molecular flexibility index (Phi) is 13.8. The Balaban J connectivity index is 1.32. The molecule has 0 saturated carbocycles. The second-order valence-electron chi connectivity index (χ2n) is 17.2. The van der Waals surface area contributed by atoms with Gasteiger partial charge in [0.05, 0.1) is 47.9 Å². The fourth-order valence-corrected chi connectivity index (χ4v) is 12.0. The van der Waals surface area contributed by atoms with Crippen molar-refractivity contribution in [3.63, 3.8) is 0 Å². The second kappa shape index (κ2) is 18.2. The van der Waals surface area contributed by atoms with Crippen molar-refractivity contribution in [2.45, 2.75) is 77.0 Å². The minimum atomic E-state index is -4.23. The average Bonchev–Trinajstić information content (AvgIpc) is 3.88. The van der Waals surface area contributed by atoms with E-state index in [-0.39, 0.29) is 29.5 Å². The van der Waals surface area contributed by atoms with Crippen LogP contribution in [0.2, 0.25) is 0 Å². The van der Waals surface area contributed by atoms with Crippen LogP contribution in [0.15, 0.2) is 108 Å². The van der Waals surface area contributed by atoms with Gasteiger partial charge in [0.2, 0.25) is 0 Å². The molecule has 62 heavy (non-hydrogen) atoms. The Morgan fingerprint density at radius 1 is 1.00 bits per heavy atom. The van der Waals surface area contributed by atoms with E-state index in [1.54, 1.807) is 60.3 Å². The smallest absolute Gasteiger partial charge is 0.308 e. The predicted molar refractivity (Wildman–Crippen MR) is 241 cm³/mol. The summed E-state index contributed by atoms with van der Waals surface area (Å²) in [6, 6.07) is 20.3. The van der Waals surface area contributed by atoms with Crippen LogP contribution in [0.3, 0.4) is 0 Å². The maximum Gasteiger partial charge on any atom is 0.308 e. The molecule has 3 atom stereocenters. The molecule has 11 nitrogen and oxygen atoms in total. The molecule has 6 rings (SSSR count). The van der Waals surface area contributed by atoms with Crippen LogP contribution in [-0.2, 0) is 41.4 Å². The number of hydrogen-bond donors (Lipinski definition) is 1. The molecule has 0 aliphatic heterocycles. The van der Waals surface area contributed by atoms with Crippen molar-refractivity contribution in [3.8, 4) is 22.8 Å². The van der Waals surface area contributed by atoms with E-state index in [4.69, 9.17) is 14.6 Å². The number of halogens is 3. The quantitative estimate of drug-likeness (QED) is 0.0849. The number of aromatic nitrogens is 3. The first kappa shape index (κ1) is 46.9. The summed E-state index contributed by atoms with van der Waals surface area (Å²) in [5.74, 6) is -1.78. The molecule has 3 aromatic carbocycles. The van der Waals surface area contributed by atoms with E-state index in [9.17, 15) is 26.7 Å². The van der Waals surface area contributed by atoms with E-state index in [2.05, 4.69) is 15.9 Å². The van der Waals surface area contributed by atoms with Crippen LogP contribution in [0.5, 0.6) is 11.5 Å². The zero-order valence-electron chi connectivity index (χ0n) is 35.6. The number of rotatable bonds is 18. The van der Waals surface area contributed by atoms with Gasteiger partial charge in [-0.25, -0.2) is 29.6 Å². The average molecular weight is 957 g/mol. The Morgan fingerprint density at radius 2 is 1.73 bits per heavy atom. The van der Waals surface area contributed by atoms with Gasteiger partial charge >= 0.3 is 5.97 Å². The number of allylic oxidation sites excluding steroid dienone is 3. The predicted octanol–water partition coefficient (Wildman–Crippen LogP) is 9.63. The van der Waals surface area contributed by atoms with Gasteiger partial charge in [-0.1, -0.05) is 73.5 Å². The monoisotopic (exact) mass is 955 g/mol. The van der Waals surface area contributed by atoms with Crippen LogP contribution in [0.4, 0.5) is 8.78 Å². The van der Waals surface area contributed by atoms with Crippen LogP contribution in [-0.4, -0.2) is 71.6 Å². The van der Waals surface area contributed by atoms with Gasteiger partial charge in [-0.2, -0.15) is 5.10 Å². The summed E-state index contributed by atoms with van der Waals surface area (Å²) in [7, 11) is -6.36. The second-order valence-corrected chi connectivity index (χ2v) is 22.5. The third-order valence-electron chi connectivity index (χ3n) is 11.7. The van der Waals surface area contributed by atoms with Gasteiger partial charge in [0.15, 0.2) is 9.84 Å². The molecule has 5 aromatic rings. The topological polar surface area (TPSA) is 147 Å². The minimum Gasteiger partial charge on any atom is -0.469 e. The largest absolute Gasteiger partial charge is 0.469 e. The van der Waals surface area contributed by atoms with Gasteiger partial charge in [-0.3, -0.25) is 9.48 Å². The van der Waals surface area contributed by atoms with Crippen molar-refractivity contribution in [1.29, 1.82) is 0 Å². The van der Waals surface area contributed by atoms with Crippen molar-refractivity contribution in [1.82, 2.24) is 13.8 Å². The highest BCUT2D eigenvalue weighted by Crippen LogP contribution is 2.42. The molecule has 0 bridgehead atoms. The SMILES string of the molecule is COC(=O)[C@H](C)Cc1cccc([C@@](C)(CCCC(C)(C)CS(=O)(=O)CCO)n2nccc2-c2cc(Oc3ccc4c(ccn4S(=O)(=O)C4(C)CC=C(Br)C=C4F)c3)ccc2F)c1. The molecule has 2 aromatic heterocycles. The van der Waals surface area contributed by atoms with Crippen molar-refractivity contribution >= 4 is 52.7 Å². The highest BCUT2D eigenvalue weighted by molar-refractivity contribution is 9.11. The zero-order chi connectivity index (χ0) is 45.3. The lowest BCUT2D eigenvalue weighted by molar-refractivity contribution is -0.144. The van der Waals surface area contributed by atoms with E-state index in [0.717, 1.165) is 21.2 Å². The van der Waals surface area contributed by atoms with E-state index in [0.29, 0.717) is 58.3 Å². The molecule has 0 radical (unpaired) electrons. The molecule has 1 aliphatic carbocycles. The van der Waals surface area contributed by atoms with Crippen molar-refractivity contribution < 1.29 is 45.0 Å². The zero-order valence-corrected chi connectivity index (χ0v) is 38.8. The van der Waals surface area contributed by atoms with Gasteiger partial charge in [0, 0.05) is 27.8 Å². The van der Waals surface area contributed by atoms with Crippen LogP contribution in [0, 0.1) is 17.2 Å². The van der Waals surface area contributed by atoms with Crippen LogP contribution >= 0.6 is 15.9 Å². The van der Waals surface area contributed by atoms with Gasteiger partial charge in [-0.05, 0) is 111 Å². The maximum absolute atomic E-state index is 16.0. The molecule has 0 saturated heterocycles. The fraction of sp³-hybridized carbons (Fsp3) is 0.391. The third-order valence-corrected chi connectivity index (χ3v) is 16.6. The van der Waals surface area contributed by atoms with Crippen LogP contribution < -0.4 is 4.74 Å². The number of benzene rings is 3. The lowest BCUT2D eigenvalue weighted by atomic mass is 9.81. The molecule has 16 heteroatoms. The fourth-order valence-electron chi connectivity index (χ4n) is 8.17. The summed E-state index contributed by atoms with van der Waals surface area (Å²) >= 11 is 3.22. The molecule has 0 amide bonds. The highest BCUT2D eigenvalue weighted by Gasteiger charge is 2.46. The highest BCUT2D eigenvalue weighted by atomic mass is 79.9. The van der Waals surface area contributed by atoms with Crippen LogP contribution in [0.1, 0.15) is 71.4 Å². The molecule has 2 heterocycles. The number of carbonyl (C=O) groups is 1. The number of ether oxygens (including phenoxy) is 2. The normalized spacial score (nSPS) is 17.6. The van der Waals surface area contributed by atoms with E-state index < -0.39 is 59.7 Å². The molecule has 1 aliphatic rings. The summed E-state index contributed by atoms with van der Waals surface area (Å²) in [6.45, 7) is 8.48. The molecule has 0 spiro atoms. The summed E-state index contributed by atoms with van der Waals surface area (Å²) in [5, 5.41) is 14.6. The lowest BCUT2D eigenvalue weighted by Gasteiger charge is -2.35. The molecular weight excluding hydrogens is 905 g/mol. The summed E-state index contributed by atoms with van der Waals surface area (Å²) in [5.41, 5.74) is 1.22. The number of nitrogens with zero attached hydrogens (tertiary/aromatic N) is 3. The molecule has 1 unspecified atom stereocenters. The summed E-state index contributed by atoms with van der Waals surface area (Å²) < 4.78 is 97.0. The van der Waals surface area contributed by atoms with Gasteiger partial charge in [0.1, 0.15) is 27.9 Å². The molecule has 0 fully saturated rings. The van der Waals surface area contributed by atoms with Crippen molar-refractivity contribution in [3.05, 3.63) is 125 Å². The van der Waals surface area contributed by atoms with Crippen LogP contribution in [0.25, 0.3) is 22.2 Å². The maximum atomic E-state index is 16.0. The van der Waals surface area contributed by atoms with Crippen molar-refractivity contribution in [2.24, 2.45) is 11.3 Å². The number of carbonyl (C=O) groups excluding carboxylic acids is 1. The number of aliphatic hydroxyl groups is 1. The lowest BCUT2D eigenvalue weighted by Crippen LogP contribution is -2.40. The Hall–Kier alpha value is -4.64. The molecule has 1 N–H and O–H groups in total. The first-order chi connectivity index (χ1) is 29.1. The van der Waals surface area contributed by atoms with E-state index in [1.165, 1.54) is 32.4 Å². The van der Waals surface area contributed by atoms with Crippen molar-refractivity contribution in [2.75, 3.05) is 25.2 Å². The number of aliphatic hydroxyl groups excluding tert-OH is 1.